The Balaban J connectivity index is 0.000000180. The van der Waals surface area contributed by atoms with Crippen molar-refractivity contribution in [1.29, 1.82) is 0 Å². The van der Waals surface area contributed by atoms with Crippen LogP contribution in [-0.2, 0) is 26.4 Å². The Kier molecular flexibility index (Phi) is 18.4. The summed E-state index contributed by atoms with van der Waals surface area (Å²) in [6, 6.07) is 69.6. The predicted molar refractivity (Wildman–Crippen MR) is 278 cm³/mol. The van der Waals surface area contributed by atoms with Crippen molar-refractivity contribution in [1.82, 2.24) is 4.98 Å². The summed E-state index contributed by atoms with van der Waals surface area (Å²) in [6.07, 6.45) is 0. The maximum absolute atomic E-state index is 11.7. The van der Waals surface area contributed by atoms with Crippen LogP contribution in [0.2, 0.25) is 0 Å². The molecule has 1 aromatic heterocycles. The third-order valence-electron chi connectivity index (χ3n) is 10.5. The number of nitrogens with two attached hydrogens (primary N) is 1. The smallest absolute Gasteiger partial charge is 0.176 e. The Hall–Kier alpha value is -7.55. The molecule has 8 aromatic carbocycles. The SMILES string of the molecule is C.CC(Br)C(=O)c1ccc(OCc2ccccc2)cc1.Cc1c(-c2ccc(OCc3ccccc3)cc2)[nH]c2ccc(OCc3ccccc3)cc12.Nc1ccc(OCc2ccccc2)cc1. The first-order chi connectivity index (χ1) is 32.3. The molecule has 0 saturated carbocycles. The number of halogens is 1. The largest absolute Gasteiger partial charge is 0.489 e. The molecule has 0 amide bonds. The molecule has 9 rings (SSSR count). The molecule has 3 N–H and O–H groups in total. The van der Waals surface area contributed by atoms with Gasteiger partial charge in [0.1, 0.15) is 49.4 Å². The summed E-state index contributed by atoms with van der Waals surface area (Å²) in [5.41, 5.74) is 16.2. The number of benzene rings is 8. The number of ether oxygens (including phenoxy) is 4. The van der Waals surface area contributed by atoms with Gasteiger partial charge in [0, 0.05) is 27.8 Å². The summed E-state index contributed by atoms with van der Waals surface area (Å²) >= 11 is 3.28. The number of aromatic nitrogens is 1. The lowest BCUT2D eigenvalue weighted by Crippen LogP contribution is -2.09. The van der Waals surface area contributed by atoms with Crippen molar-refractivity contribution in [2.24, 2.45) is 0 Å². The van der Waals surface area contributed by atoms with Gasteiger partial charge in [-0.25, -0.2) is 0 Å². The first kappa shape index (κ1) is 48.9. The van der Waals surface area contributed by atoms with Gasteiger partial charge in [0.2, 0.25) is 0 Å². The van der Waals surface area contributed by atoms with E-state index in [1.165, 1.54) is 10.9 Å². The van der Waals surface area contributed by atoms with Crippen LogP contribution in [0.5, 0.6) is 23.0 Å². The average molecular weight is 954 g/mol. The normalized spacial score (nSPS) is 10.8. The molecule has 7 nitrogen and oxygen atoms in total. The first-order valence-corrected chi connectivity index (χ1v) is 22.7. The van der Waals surface area contributed by atoms with Gasteiger partial charge in [-0.3, -0.25) is 4.79 Å². The number of Topliss-reactive ketones (excluding diaryl/α,β-unsaturated/α-hetero) is 1. The Morgan fingerprint density at radius 1 is 0.507 bits per heavy atom. The molecule has 0 aliphatic carbocycles. The number of nitrogen functional groups attached to an aromatic ring is 1. The zero-order valence-electron chi connectivity index (χ0n) is 37.1. The number of hydrogen-bond donors (Lipinski definition) is 2. The summed E-state index contributed by atoms with van der Waals surface area (Å²) < 4.78 is 23.2. The first-order valence-electron chi connectivity index (χ1n) is 21.8. The van der Waals surface area contributed by atoms with Crippen LogP contribution in [0.3, 0.4) is 0 Å². The minimum atomic E-state index is -0.163. The van der Waals surface area contributed by atoms with E-state index in [0.29, 0.717) is 32.0 Å². The van der Waals surface area contributed by atoms with Gasteiger partial charge in [-0.05, 0) is 138 Å². The van der Waals surface area contributed by atoms with Crippen LogP contribution in [0.1, 0.15) is 52.5 Å². The lowest BCUT2D eigenvalue weighted by atomic mass is 10.1. The fourth-order valence-electron chi connectivity index (χ4n) is 6.87. The molecule has 9 aromatic rings. The highest BCUT2D eigenvalue weighted by Gasteiger charge is 2.13. The fraction of sp³-hybridized carbons (Fsp3) is 0.136. The Labute approximate surface area is 403 Å². The van der Waals surface area contributed by atoms with Crippen LogP contribution in [0, 0.1) is 6.92 Å². The standard InChI is InChI=1S/C29H25NO2.C16H15BrO2.C13H13NO.CH4/c1-21-27-18-26(32-20-23-10-6-3-7-11-23)16-17-28(27)30-29(21)24-12-14-25(15-13-24)31-19-22-8-4-2-5-9-22;1-12(17)16(18)14-7-9-15(10-8-14)19-11-13-5-3-2-4-6-13;14-12-6-8-13(9-7-12)15-10-11-4-2-1-3-5-11;/h2-18,30H,19-20H2,1H3;2-10,12H,11H2,1H3;1-9H,10,14H2;1H4. The van der Waals surface area contributed by atoms with Gasteiger partial charge in [-0.1, -0.05) is 145 Å². The second-order valence-electron chi connectivity index (χ2n) is 15.5. The van der Waals surface area contributed by atoms with E-state index < -0.39 is 0 Å². The van der Waals surface area contributed by atoms with Crippen molar-refractivity contribution in [2.45, 2.75) is 52.5 Å². The summed E-state index contributed by atoms with van der Waals surface area (Å²) in [6.45, 7) is 6.22. The molecule has 0 aliphatic rings. The molecule has 0 bridgehead atoms. The van der Waals surface area contributed by atoms with Crippen LogP contribution in [0.15, 0.2) is 212 Å². The zero-order valence-corrected chi connectivity index (χ0v) is 38.7. The third kappa shape index (κ3) is 15.0. The Morgan fingerprint density at radius 2 is 0.866 bits per heavy atom. The predicted octanol–water partition coefficient (Wildman–Crippen LogP) is 15.0. The minimum Gasteiger partial charge on any atom is -0.489 e. The van der Waals surface area contributed by atoms with E-state index >= 15 is 0 Å². The van der Waals surface area contributed by atoms with Gasteiger partial charge in [-0.15, -0.1) is 0 Å². The van der Waals surface area contributed by atoms with Crippen LogP contribution in [0.25, 0.3) is 22.2 Å². The van der Waals surface area contributed by atoms with E-state index in [1.807, 2.05) is 159 Å². The highest BCUT2D eigenvalue weighted by molar-refractivity contribution is 9.10. The molecular weight excluding hydrogens is 897 g/mol. The number of fused-ring (bicyclic) bond motifs is 1. The summed E-state index contributed by atoms with van der Waals surface area (Å²) in [4.78, 5) is 15.1. The summed E-state index contributed by atoms with van der Waals surface area (Å²) in [5.74, 6) is 3.42. The number of alkyl halides is 1. The Bertz CT molecular complexity index is 2830. The quantitative estimate of drug-likeness (QED) is 0.0604. The number of carbonyl (C=O) groups excluding carboxylic acids is 1. The Morgan fingerprint density at radius 3 is 1.27 bits per heavy atom. The van der Waals surface area contributed by atoms with Crippen molar-refractivity contribution in [2.75, 3.05) is 5.73 Å². The van der Waals surface area contributed by atoms with E-state index in [4.69, 9.17) is 24.7 Å². The van der Waals surface area contributed by atoms with Crippen molar-refractivity contribution < 1.29 is 23.7 Å². The topological polar surface area (TPSA) is 95.8 Å². The molecule has 0 aliphatic heterocycles. The van der Waals surface area contributed by atoms with E-state index in [-0.39, 0.29) is 18.0 Å². The lowest BCUT2D eigenvalue weighted by molar-refractivity contribution is 0.0995. The van der Waals surface area contributed by atoms with Gasteiger partial charge in [0.25, 0.3) is 0 Å². The van der Waals surface area contributed by atoms with Crippen LogP contribution in [-0.4, -0.2) is 15.6 Å². The van der Waals surface area contributed by atoms with Gasteiger partial charge in [0.15, 0.2) is 5.78 Å². The molecule has 0 fully saturated rings. The summed E-state index contributed by atoms with van der Waals surface area (Å²) in [7, 11) is 0. The molecule has 1 heterocycles. The lowest BCUT2D eigenvalue weighted by Gasteiger charge is -2.07. The molecule has 0 radical (unpaired) electrons. The highest BCUT2D eigenvalue weighted by atomic mass is 79.9. The molecule has 8 heteroatoms. The molecule has 0 saturated heterocycles. The number of carbonyl (C=O) groups is 1. The van der Waals surface area contributed by atoms with Crippen molar-refractivity contribution in [3.8, 4) is 34.3 Å². The minimum absolute atomic E-state index is 0. The number of aryl methyl sites for hydroxylation is 1. The molecule has 1 atom stereocenters. The molecular formula is C59H57BrN2O5. The number of ketones is 1. The second kappa shape index (κ2) is 25.2. The monoisotopic (exact) mass is 952 g/mol. The number of rotatable bonds is 15. The summed E-state index contributed by atoms with van der Waals surface area (Å²) in [5, 5.41) is 1.18. The zero-order chi connectivity index (χ0) is 45.9. The maximum Gasteiger partial charge on any atom is 0.176 e. The maximum atomic E-state index is 11.7. The molecule has 340 valence electrons. The second-order valence-corrected chi connectivity index (χ2v) is 16.9. The number of anilines is 1. The molecule has 67 heavy (non-hydrogen) atoms. The number of hydrogen-bond acceptors (Lipinski definition) is 6. The van der Waals surface area contributed by atoms with Crippen molar-refractivity contribution >= 4 is 38.3 Å². The average Bonchev–Trinajstić information content (AvgIpc) is 3.70. The molecule has 1 unspecified atom stereocenters. The van der Waals surface area contributed by atoms with Gasteiger partial charge < -0.3 is 29.7 Å². The van der Waals surface area contributed by atoms with E-state index in [0.717, 1.165) is 67.7 Å². The third-order valence-corrected chi connectivity index (χ3v) is 11.0. The number of H-pyrrole nitrogens is 1. The van der Waals surface area contributed by atoms with Crippen molar-refractivity contribution in [3.05, 3.63) is 246 Å². The van der Waals surface area contributed by atoms with Crippen LogP contribution < -0.4 is 24.7 Å². The van der Waals surface area contributed by atoms with Crippen molar-refractivity contribution in [3.63, 3.8) is 0 Å². The van der Waals surface area contributed by atoms with Gasteiger partial charge in [0.05, 0.1) is 4.83 Å². The van der Waals surface area contributed by atoms with E-state index in [2.05, 4.69) is 76.4 Å². The van der Waals surface area contributed by atoms with Crippen LogP contribution in [0.4, 0.5) is 5.69 Å². The van der Waals surface area contributed by atoms with E-state index in [9.17, 15) is 4.79 Å². The number of nitrogens with one attached hydrogen (secondary N) is 1. The molecule has 0 spiro atoms. The van der Waals surface area contributed by atoms with Crippen LogP contribution >= 0.6 is 15.9 Å². The number of aromatic amines is 1. The highest BCUT2D eigenvalue weighted by Crippen LogP contribution is 2.33. The van der Waals surface area contributed by atoms with Gasteiger partial charge >= 0.3 is 0 Å². The van der Waals surface area contributed by atoms with E-state index in [1.54, 1.807) is 12.1 Å². The fourth-order valence-corrected chi connectivity index (χ4v) is 7.14. The van der Waals surface area contributed by atoms with Gasteiger partial charge in [-0.2, -0.15) is 0 Å².